The summed E-state index contributed by atoms with van der Waals surface area (Å²) in [6.45, 7) is 0.584. The van der Waals surface area contributed by atoms with Crippen molar-refractivity contribution in [2.45, 2.75) is 25.4 Å². The van der Waals surface area contributed by atoms with E-state index in [9.17, 15) is 4.79 Å². The Kier molecular flexibility index (Phi) is 5.75. The number of carbonyl (C=O) groups excluding carboxylic acids is 1. The van der Waals surface area contributed by atoms with Gasteiger partial charge < -0.3 is 9.64 Å². The van der Waals surface area contributed by atoms with Gasteiger partial charge in [0.1, 0.15) is 5.75 Å². The topological polar surface area (TPSA) is 42.4 Å². The summed E-state index contributed by atoms with van der Waals surface area (Å²) in [7, 11) is 1.65. The van der Waals surface area contributed by atoms with E-state index >= 15 is 0 Å². The summed E-state index contributed by atoms with van der Waals surface area (Å²) in [5.41, 5.74) is 1.95. The molecule has 1 saturated heterocycles. The number of amides is 1. The highest BCUT2D eigenvalue weighted by Crippen LogP contribution is 2.24. The molecule has 126 valence electrons. The quantitative estimate of drug-likeness (QED) is 0.809. The van der Waals surface area contributed by atoms with Crippen LogP contribution < -0.4 is 4.74 Å². The molecule has 2 aromatic rings. The van der Waals surface area contributed by atoms with Gasteiger partial charge in [-0.25, -0.2) is 0 Å². The summed E-state index contributed by atoms with van der Waals surface area (Å²) in [5, 5.41) is 0. The number of benzene rings is 1. The lowest BCUT2D eigenvalue weighted by atomic mass is 10.1. The SMILES string of the molecule is COc1ccc(CC(=O)N(Cc2ccccn2)[C@H]2CCSC2)cc1. The van der Waals surface area contributed by atoms with Crippen molar-refractivity contribution >= 4 is 17.7 Å². The van der Waals surface area contributed by atoms with Gasteiger partial charge in [0.2, 0.25) is 5.91 Å². The fourth-order valence-electron chi connectivity index (χ4n) is 2.87. The Morgan fingerprint density at radius 3 is 2.75 bits per heavy atom. The van der Waals surface area contributed by atoms with E-state index in [-0.39, 0.29) is 5.91 Å². The average Bonchev–Trinajstić information content (AvgIpc) is 3.15. The zero-order valence-electron chi connectivity index (χ0n) is 13.9. The van der Waals surface area contributed by atoms with Gasteiger partial charge in [0.15, 0.2) is 0 Å². The van der Waals surface area contributed by atoms with Gasteiger partial charge in [0, 0.05) is 18.0 Å². The molecule has 0 unspecified atom stereocenters. The van der Waals surface area contributed by atoms with E-state index < -0.39 is 0 Å². The number of carbonyl (C=O) groups is 1. The number of methoxy groups -OCH3 is 1. The molecule has 0 saturated carbocycles. The molecule has 0 bridgehead atoms. The molecule has 0 aliphatic carbocycles. The Morgan fingerprint density at radius 1 is 1.29 bits per heavy atom. The molecule has 1 aliphatic heterocycles. The van der Waals surface area contributed by atoms with Crippen molar-refractivity contribution in [3.05, 3.63) is 59.9 Å². The molecule has 0 N–H and O–H groups in total. The molecule has 0 radical (unpaired) electrons. The van der Waals surface area contributed by atoms with Gasteiger partial charge in [-0.2, -0.15) is 11.8 Å². The van der Waals surface area contributed by atoms with Crippen LogP contribution >= 0.6 is 11.8 Å². The second-order valence-electron chi connectivity index (χ2n) is 5.88. The van der Waals surface area contributed by atoms with Crippen LogP contribution in [-0.2, 0) is 17.8 Å². The zero-order chi connectivity index (χ0) is 16.8. The molecule has 1 atom stereocenters. The van der Waals surface area contributed by atoms with Crippen molar-refractivity contribution in [2.75, 3.05) is 18.6 Å². The smallest absolute Gasteiger partial charge is 0.227 e. The highest BCUT2D eigenvalue weighted by Gasteiger charge is 2.27. The first-order valence-electron chi connectivity index (χ1n) is 8.16. The highest BCUT2D eigenvalue weighted by atomic mass is 32.2. The average molecular weight is 342 g/mol. The third-order valence-corrected chi connectivity index (χ3v) is 5.38. The maximum Gasteiger partial charge on any atom is 0.227 e. The van der Waals surface area contributed by atoms with E-state index in [0.29, 0.717) is 19.0 Å². The van der Waals surface area contributed by atoms with Crippen LogP contribution in [0.3, 0.4) is 0 Å². The molecule has 1 aromatic carbocycles. The van der Waals surface area contributed by atoms with Crippen LogP contribution in [0.25, 0.3) is 0 Å². The molecule has 1 fully saturated rings. The van der Waals surface area contributed by atoms with Gasteiger partial charge in [-0.05, 0) is 42.0 Å². The number of pyridine rings is 1. The van der Waals surface area contributed by atoms with Gasteiger partial charge in [-0.15, -0.1) is 0 Å². The minimum absolute atomic E-state index is 0.165. The third kappa shape index (κ3) is 4.29. The summed E-state index contributed by atoms with van der Waals surface area (Å²) in [6.07, 6.45) is 3.26. The van der Waals surface area contributed by atoms with Crippen molar-refractivity contribution < 1.29 is 9.53 Å². The molecule has 2 heterocycles. The fraction of sp³-hybridized carbons (Fsp3) is 0.368. The molecule has 1 aliphatic rings. The van der Waals surface area contributed by atoms with Gasteiger partial charge in [0.05, 0.1) is 25.8 Å². The van der Waals surface area contributed by atoms with Crippen LogP contribution in [0.2, 0.25) is 0 Å². The van der Waals surface area contributed by atoms with Crippen molar-refractivity contribution in [3.8, 4) is 5.75 Å². The molecular weight excluding hydrogens is 320 g/mol. The first-order valence-corrected chi connectivity index (χ1v) is 9.32. The molecule has 1 amide bonds. The van der Waals surface area contributed by atoms with E-state index in [1.807, 2.05) is 59.1 Å². The number of rotatable bonds is 6. The van der Waals surface area contributed by atoms with Gasteiger partial charge in [-0.3, -0.25) is 9.78 Å². The van der Waals surface area contributed by atoms with E-state index in [1.54, 1.807) is 13.3 Å². The molecular formula is C19H22N2O2S. The number of thioether (sulfide) groups is 1. The summed E-state index contributed by atoms with van der Waals surface area (Å²) in [4.78, 5) is 19.3. The number of nitrogens with zero attached hydrogens (tertiary/aromatic N) is 2. The standard InChI is InChI=1S/C19H22N2O2S/c1-23-18-7-5-15(6-8-18)12-19(22)21(17-9-11-24-14-17)13-16-4-2-3-10-20-16/h2-8,10,17H,9,11-14H2,1H3/t17-/m0/s1. The largest absolute Gasteiger partial charge is 0.497 e. The van der Waals surface area contributed by atoms with E-state index in [4.69, 9.17) is 4.74 Å². The van der Waals surface area contributed by atoms with Crippen LogP contribution in [0.15, 0.2) is 48.7 Å². The van der Waals surface area contributed by atoms with Gasteiger partial charge in [-0.1, -0.05) is 18.2 Å². The number of hydrogen-bond acceptors (Lipinski definition) is 4. The number of aromatic nitrogens is 1. The Bertz CT molecular complexity index is 655. The van der Waals surface area contributed by atoms with Crippen LogP contribution in [0.4, 0.5) is 0 Å². The predicted molar refractivity (Wildman–Crippen MR) is 97.2 cm³/mol. The van der Waals surface area contributed by atoms with Crippen LogP contribution in [0.1, 0.15) is 17.7 Å². The summed E-state index contributed by atoms with van der Waals surface area (Å²) in [6, 6.07) is 13.9. The minimum Gasteiger partial charge on any atom is -0.497 e. The van der Waals surface area contributed by atoms with E-state index in [2.05, 4.69) is 4.98 Å². The maximum absolute atomic E-state index is 12.9. The van der Waals surface area contributed by atoms with E-state index in [1.165, 1.54) is 0 Å². The van der Waals surface area contributed by atoms with E-state index in [0.717, 1.165) is 34.9 Å². The van der Waals surface area contributed by atoms with Gasteiger partial charge in [0.25, 0.3) is 0 Å². The molecule has 1 aromatic heterocycles. The van der Waals surface area contributed by atoms with Crippen LogP contribution in [0, 0.1) is 0 Å². The Labute approximate surface area is 147 Å². The summed E-state index contributed by atoms with van der Waals surface area (Å²) < 4.78 is 5.18. The lowest BCUT2D eigenvalue weighted by Gasteiger charge is -2.28. The second-order valence-corrected chi connectivity index (χ2v) is 7.03. The first-order chi connectivity index (χ1) is 11.8. The fourth-order valence-corrected chi connectivity index (χ4v) is 4.10. The normalized spacial score (nSPS) is 16.8. The van der Waals surface area contributed by atoms with Crippen molar-refractivity contribution in [3.63, 3.8) is 0 Å². The molecule has 0 spiro atoms. The predicted octanol–water partition coefficient (Wildman–Crippen LogP) is 3.17. The Hall–Kier alpha value is -2.01. The molecule has 24 heavy (non-hydrogen) atoms. The zero-order valence-corrected chi connectivity index (χ0v) is 14.7. The Balaban J connectivity index is 1.72. The van der Waals surface area contributed by atoms with Crippen molar-refractivity contribution in [1.82, 2.24) is 9.88 Å². The Morgan fingerprint density at radius 2 is 2.12 bits per heavy atom. The highest BCUT2D eigenvalue weighted by molar-refractivity contribution is 7.99. The van der Waals surface area contributed by atoms with Crippen molar-refractivity contribution in [2.24, 2.45) is 0 Å². The summed E-state index contributed by atoms with van der Waals surface area (Å²) >= 11 is 1.92. The maximum atomic E-state index is 12.9. The minimum atomic E-state index is 0.165. The third-order valence-electron chi connectivity index (χ3n) is 4.24. The van der Waals surface area contributed by atoms with Crippen LogP contribution in [-0.4, -0.2) is 40.4 Å². The monoisotopic (exact) mass is 342 g/mol. The lowest BCUT2D eigenvalue weighted by molar-refractivity contribution is -0.133. The van der Waals surface area contributed by atoms with Crippen molar-refractivity contribution in [1.29, 1.82) is 0 Å². The van der Waals surface area contributed by atoms with Crippen LogP contribution in [0.5, 0.6) is 5.75 Å². The van der Waals surface area contributed by atoms with Gasteiger partial charge >= 0.3 is 0 Å². The number of ether oxygens (including phenoxy) is 1. The second kappa shape index (κ2) is 8.20. The number of hydrogen-bond donors (Lipinski definition) is 0. The molecule has 5 heteroatoms. The molecule has 4 nitrogen and oxygen atoms in total. The summed E-state index contributed by atoms with van der Waals surface area (Å²) in [5.74, 6) is 3.11. The lowest BCUT2D eigenvalue weighted by Crippen LogP contribution is -2.41. The molecule has 3 rings (SSSR count). The first kappa shape index (κ1) is 16.8.